The van der Waals surface area contributed by atoms with Gasteiger partial charge in [-0.3, -0.25) is 9.80 Å². The molecule has 106 valence electrons. The molecule has 0 amide bonds. The first kappa shape index (κ1) is 14.3. The van der Waals surface area contributed by atoms with E-state index in [0.717, 1.165) is 25.3 Å². The molecule has 1 heterocycles. The summed E-state index contributed by atoms with van der Waals surface area (Å²) in [7, 11) is 2.21. The first-order valence-corrected chi connectivity index (χ1v) is 7.74. The van der Waals surface area contributed by atoms with Crippen molar-refractivity contribution in [3.8, 4) is 0 Å². The van der Waals surface area contributed by atoms with E-state index in [0.29, 0.717) is 12.1 Å². The zero-order valence-corrected chi connectivity index (χ0v) is 12.3. The van der Waals surface area contributed by atoms with Crippen LogP contribution in [0.1, 0.15) is 46.0 Å². The zero-order valence-electron chi connectivity index (χ0n) is 12.3. The van der Waals surface area contributed by atoms with Crippen molar-refractivity contribution < 1.29 is 5.11 Å². The van der Waals surface area contributed by atoms with Gasteiger partial charge in [0, 0.05) is 18.6 Å². The molecule has 1 aliphatic heterocycles. The van der Waals surface area contributed by atoms with Crippen molar-refractivity contribution in [1.29, 1.82) is 0 Å². The van der Waals surface area contributed by atoms with E-state index < -0.39 is 0 Å². The highest BCUT2D eigenvalue weighted by Gasteiger charge is 2.32. The van der Waals surface area contributed by atoms with Crippen LogP contribution in [0.5, 0.6) is 0 Å². The molecule has 0 aromatic carbocycles. The van der Waals surface area contributed by atoms with E-state index in [1.54, 1.807) is 0 Å². The summed E-state index contributed by atoms with van der Waals surface area (Å²) in [5.74, 6) is 0.770. The summed E-state index contributed by atoms with van der Waals surface area (Å²) >= 11 is 0. The minimum absolute atomic E-state index is 0.109. The molecular weight excluding hydrogens is 224 g/mol. The van der Waals surface area contributed by atoms with Gasteiger partial charge in [0.1, 0.15) is 0 Å². The molecule has 0 aromatic heterocycles. The van der Waals surface area contributed by atoms with Crippen LogP contribution in [-0.4, -0.2) is 59.8 Å². The SMILES string of the molecule is CCN1CCCC1CN(C)C1CC(C)CCC1O. The lowest BCUT2D eigenvalue weighted by Crippen LogP contribution is -2.49. The van der Waals surface area contributed by atoms with Gasteiger partial charge in [-0.2, -0.15) is 0 Å². The second kappa shape index (κ2) is 6.36. The van der Waals surface area contributed by atoms with Crippen molar-refractivity contribution in [2.75, 3.05) is 26.7 Å². The van der Waals surface area contributed by atoms with E-state index in [1.807, 2.05) is 0 Å². The quantitative estimate of drug-likeness (QED) is 0.831. The normalized spacial score (nSPS) is 38.5. The Morgan fingerprint density at radius 3 is 2.78 bits per heavy atom. The number of likely N-dealkylation sites (N-methyl/N-ethyl adjacent to an activating group) is 2. The molecule has 1 saturated carbocycles. The molecule has 2 rings (SSSR count). The van der Waals surface area contributed by atoms with Crippen molar-refractivity contribution in [3.05, 3.63) is 0 Å². The minimum atomic E-state index is -0.109. The van der Waals surface area contributed by atoms with Crippen LogP contribution in [0.4, 0.5) is 0 Å². The monoisotopic (exact) mass is 254 g/mol. The van der Waals surface area contributed by atoms with Crippen molar-refractivity contribution in [2.45, 2.75) is 64.1 Å². The second-order valence-corrected chi connectivity index (χ2v) is 6.42. The predicted octanol–water partition coefficient (Wildman–Crippen LogP) is 1.95. The Morgan fingerprint density at radius 2 is 2.06 bits per heavy atom. The standard InChI is InChI=1S/C15H30N2O/c1-4-17-9-5-6-13(17)11-16(3)14-10-12(2)7-8-15(14)18/h12-15,18H,4-11H2,1-3H3. The lowest BCUT2D eigenvalue weighted by molar-refractivity contribution is 0.00881. The van der Waals surface area contributed by atoms with Crippen molar-refractivity contribution in [1.82, 2.24) is 9.80 Å². The summed E-state index contributed by atoms with van der Waals surface area (Å²) in [5, 5.41) is 10.2. The van der Waals surface area contributed by atoms with Gasteiger partial charge in [-0.25, -0.2) is 0 Å². The molecule has 18 heavy (non-hydrogen) atoms. The van der Waals surface area contributed by atoms with Crippen molar-refractivity contribution in [2.24, 2.45) is 5.92 Å². The van der Waals surface area contributed by atoms with Gasteiger partial charge in [-0.15, -0.1) is 0 Å². The Bertz CT molecular complexity index is 259. The van der Waals surface area contributed by atoms with Gasteiger partial charge >= 0.3 is 0 Å². The summed E-state index contributed by atoms with van der Waals surface area (Å²) in [5.41, 5.74) is 0. The van der Waals surface area contributed by atoms with Crippen LogP contribution in [0, 0.1) is 5.92 Å². The highest BCUT2D eigenvalue weighted by molar-refractivity contribution is 4.88. The third-order valence-corrected chi connectivity index (χ3v) is 5.01. The van der Waals surface area contributed by atoms with E-state index in [9.17, 15) is 5.11 Å². The van der Waals surface area contributed by atoms with Crippen LogP contribution in [0.15, 0.2) is 0 Å². The lowest BCUT2D eigenvalue weighted by atomic mass is 9.84. The van der Waals surface area contributed by atoms with Crippen molar-refractivity contribution >= 4 is 0 Å². The number of likely N-dealkylation sites (tertiary alicyclic amines) is 1. The molecule has 1 aliphatic carbocycles. The molecule has 1 saturated heterocycles. The molecule has 0 spiro atoms. The van der Waals surface area contributed by atoms with Crippen LogP contribution >= 0.6 is 0 Å². The molecule has 3 nitrogen and oxygen atoms in total. The minimum Gasteiger partial charge on any atom is -0.391 e. The largest absolute Gasteiger partial charge is 0.391 e. The molecular formula is C15H30N2O. The molecule has 1 N–H and O–H groups in total. The van der Waals surface area contributed by atoms with Crippen molar-refractivity contribution in [3.63, 3.8) is 0 Å². The topological polar surface area (TPSA) is 26.7 Å². The lowest BCUT2D eigenvalue weighted by Gasteiger charge is -2.40. The van der Waals surface area contributed by atoms with Gasteiger partial charge in [-0.05, 0) is 58.2 Å². The maximum absolute atomic E-state index is 10.2. The fraction of sp³-hybridized carbons (Fsp3) is 1.00. The highest BCUT2D eigenvalue weighted by atomic mass is 16.3. The first-order valence-electron chi connectivity index (χ1n) is 7.74. The summed E-state index contributed by atoms with van der Waals surface area (Å²) in [6.45, 7) is 8.14. The van der Waals surface area contributed by atoms with E-state index >= 15 is 0 Å². The van der Waals surface area contributed by atoms with Gasteiger partial charge in [0.25, 0.3) is 0 Å². The van der Waals surface area contributed by atoms with Gasteiger partial charge in [0.15, 0.2) is 0 Å². The molecule has 2 aliphatic rings. The van der Waals surface area contributed by atoms with Gasteiger partial charge in [0.05, 0.1) is 6.10 Å². The molecule has 0 radical (unpaired) electrons. The van der Waals surface area contributed by atoms with E-state index in [1.165, 1.54) is 32.4 Å². The molecule has 4 atom stereocenters. The third kappa shape index (κ3) is 3.25. The summed E-state index contributed by atoms with van der Waals surface area (Å²) < 4.78 is 0. The van der Waals surface area contributed by atoms with E-state index in [4.69, 9.17) is 0 Å². The van der Waals surface area contributed by atoms with Crippen LogP contribution < -0.4 is 0 Å². The molecule has 2 fully saturated rings. The highest BCUT2D eigenvalue weighted by Crippen LogP contribution is 2.28. The fourth-order valence-corrected chi connectivity index (χ4v) is 3.79. The smallest absolute Gasteiger partial charge is 0.0695 e. The zero-order chi connectivity index (χ0) is 13.1. The average molecular weight is 254 g/mol. The van der Waals surface area contributed by atoms with E-state index in [-0.39, 0.29) is 6.10 Å². The van der Waals surface area contributed by atoms with E-state index in [2.05, 4.69) is 30.7 Å². The second-order valence-electron chi connectivity index (χ2n) is 6.42. The van der Waals surface area contributed by atoms with Gasteiger partial charge < -0.3 is 5.11 Å². The number of nitrogens with zero attached hydrogens (tertiary/aromatic N) is 2. The fourth-order valence-electron chi connectivity index (χ4n) is 3.79. The van der Waals surface area contributed by atoms with Crippen LogP contribution in [-0.2, 0) is 0 Å². The molecule has 3 heteroatoms. The number of aliphatic hydroxyl groups is 1. The summed E-state index contributed by atoms with van der Waals surface area (Å²) in [6.07, 6.45) is 5.90. The van der Waals surface area contributed by atoms with Crippen LogP contribution in [0.25, 0.3) is 0 Å². The van der Waals surface area contributed by atoms with Gasteiger partial charge in [0.2, 0.25) is 0 Å². The predicted molar refractivity (Wildman–Crippen MR) is 75.7 cm³/mol. The molecule has 0 bridgehead atoms. The maximum atomic E-state index is 10.2. The molecule has 0 aromatic rings. The Hall–Kier alpha value is -0.120. The Balaban J connectivity index is 1.88. The third-order valence-electron chi connectivity index (χ3n) is 5.01. The number of aliphatic hydroxyl groups excluding tert-OH is 1. The van der Waals surface area contributed by atoms with Crippen LogP contribution in [0.3, 0.4) is 0 Å². The van der Waals surface area contributed by atoms with Gasteiger partial charge in [-0.1, -0.05) is 13.8 Å². The maximum Gasteiger partial charge on any atom is 0.0695 e. The molecule has 4 unspecified atom stereocenters. The number of rotatable bonds is 4. The summed E-state index contributed by atoms with van der Waals surface area (Å²) in [6, 6.07) is 1.09. The Labute approximate surface area is 112 Å². The Kier molecular flexibility index (Phi) is 5.05. The Morgan fingerprint density at radius 1 is 1.28 bits per heavy atom. The average Bonchev–Trinajstić information content (AvgIpc) is 2.79. The van der Waals surface area contributed by atoms with Crippen LogP contribution in [0.2, 0.25) is 0 Å². The number of hydrogen-bond acceptors (Lipinski definition) is 3. The number of hydrogen-bond donors (Lipinski definition) is 1. The summed E-state index contributed by atoms with van der Waals surface area (Å²) in [4.78, 5) is 5.02. The first-order chi connectivity index (χ1) is 8.61.